The molecule has 0 aromatic heterocycles. The van der Waals surface area contributed by atoms with Crippen LogP contribution in [0, 0.1) is 0 Å². The van der Waals surface area contributed by atoms with Crippen LogP contribution in [0.5, 0.6) is 0 Å². The Labute approximate surface area is 223 Å². The predicted octanol–water partition coefficient (Wildman–Crippen LogP) is 7.84. The van der Waals surface area contributed by atoms with Crippen LogP contribution in [0.2, 0.25) is 0 Å². The number of benzene rings is 4. The Kier molecular flexibility index (Phi) is 12.1. The Morgan fingerprint density at radius 3 is 1.26 bits per heavy atom. The summed E-state index contributed by atoms with van der Waals surface area (Å²) >= 11 is -0.826. The Morgan fingerprint density at radius 2 is 0.882 bits per heavy atom. The van der Waals surface area contributed by atoms with Gasteiger partial charge in [0.05, 0.1) is 0 Å². The summed E-state index contributed by atoms with van der Waals surface area (Å²) in [6.07, 6.45) is 0. The molecule has 0 unspecified atom stereocenters. The molecule has 2 radical (unpaired) electrons. The van der Waals surface area contributed by atoms with Gasteiger partial charge in [0.1, 0.15) is 9.52 Å². The molecule has 6 rings (SSSR count). The molecule has 0 fully saturated rings. The zero-order chi connectivity index (χ0) is 23.8. The molecular weight excluding hydrogens is 551 g/mol. The van der Waals surface area contributed by atoms with Crippen molar-refractivity contribution in [3.63, 3.8) is 0 Å². The first-order valence-electron chi connectivity index (χ1n) is 10.8. The summed E-state index contributed by atoms with van der Waals surface area (Å²) in [6, 6.07) is 50.4. The molecule has 0 heterocycles. The van der Waals surface area contributed by atoms with Crippen molar-refractivity contribution in [2.75, 3.05) is 0 Å². The summed E-state index contributed by atoms with van der Waals surface area (Å²) in [7, 11) is 10.6. The second kappa shape index (κ2) is 15.6. The molecule has 0 saturated heterocycles. The fraction of sp³-hybridized carbons (Fsp3) is 0. The number of hydrogen-bond donors (Lipinski definition) is 0. The third kappa shape index (κ3) is 8.85. The van der Waals surface area contributed by atoms with Gasteiger partial charge in [0.15, 0.2) is 0 Å². The van der Waals surface area contributed by atoms with Gasteiger partial charge < -0.3 is 0 Å². The van der Waals surface area contributed by atoms with E-state index in [0.717, 1.165) is 9.52 Å². The van der Waals surface area contributed by atoms with E-state index in [9.17, 15) is 0 Å². The predicted molar refractivity (Wildman–Crippen MR) is 149 cm³/mol. The molecular formula is C30H24Cl2SiZr. The Balaban J connectivity index is 0.000000146. The first-order chi connectivity index (χ1) is 16.8. The summed E-state index contributed by atoms with van der Waals surface area (Å²) in [4.78, 5) is 0. The van der Waals surface area contributed by atoms with Gasteiger partial charge in [-0.3, -0.25) is 0 Å². The minimum atomic E-state index is -0.826. The monoisotopic (exact) mass is 572 g/mol. The van der Waals surface area contributed by atoms with Gasteiger partial charge in [-0.1, -0.05) is 107 Å². The Bertz CT molecular complexity index is 1210. The molecule has 0 atom stereocenters. The average molecular weight is 575 g/mol. The van der Waals surface area contributed by atoms with E-state index in [-0.39, 0.29) is 0 Å². The maximum Gasteiger partial charge on any atom is 0.121 e. The first kappa shape index (κ1) is 26.4. The van der Waals surface area contributed by atoms with Crippen molar-refractivity contribution in [3.8, 4) is 0 Å². The van der Waals surface area contributed by atoms with Crippen molar-refractivity contribution < 1.29 is 20.8 Å². The molecule has 0 aliphatic carbocycles. The van der Waals surface area contributed by atoms with E-state index in [1.54, 1.807) is 0 Å². The third-order valence-electron chi connectivity index (χ3n) is 4.91. The Hall–Kier alpha value is -2.22. The molecule has 0 aliphatic heterocycles. The van der Waals surface area contributed by atoms with Crippen LogP contribution in [0.15, 0.2) is 146 Å². The first-order valence-corrected chi connectivity index (χ1v) is 18.2. The smallest absolute Gasteiger partial charge is 0.121 e. The maximum absolute atomic E-state index is 4.93. The minimum Gasteiger partial charge on any atom is -0.214 e. The topological polar surface area (TPSA) is 0 Å². The van der Waals surface area contributed by atoms with Crippen LogP contribution in [-0.2, 0) is 20.8 Å². The SMILES string of the molecule is [Cl][Zr+2][Cl].c1cc[cH-]c1.c1ccc([Si]c2ccccc2)cc1.c1ccc2c(c1)[cH-]c1ccccc12. The number of hydrogen-bond acceptors (Lipinski definition) is 0. The molecule has 0 amide bonds. The molecule has 34 heavy (non-hydrogen) atoms. The van der Waals surface area contributed by atoms with E-state index in [1.165, 1.54) is 31.9 Å². The van der Waals surface area contributed by atoms with Crippen LogP contribution in [0.1, 0.15) is 0 Å². The minimum absolute atomic E-state index is 0.777. The van der Waals surface area contributed by atoms with Crippen molar-refractivity contribution in [1.82, 2.24) is 0 Å². The molecule has 0 N–H and O–H groups in total. The van der Waals surface area contributed by atoms with Crippen LogP contribution >= 0.6 is 17.0 Å². The van der Waals surface area contributed by atoms with Crippen LogP contribution < -0.4 is 10.4 Å². The van der Waals surface area contributed by atoms with Crippen LogP contribution in [0.3, 0.4) is 0 Å². The second-order valence-electron chi connectivity index (χ2n) is 7.21. The van der Waals surface area contributed by atoms with Gasteiger partial charge in [0, 0.05) is 0 Å². The van der Waals surface area contributed by atoms with Crippen molar-refractivity contribution in [2.45, 2.75) is 0 Å². The molecule has 4 heteroatoms. The average Bonchev–Trinajstić information content (AvgIpc) is 3.58. The van der Waals surface area contributed by atoms with Crippen molar-refractivity contribution >= 4 is 58.5 Å². The van der Waals surface area contributed by atoms with Crippen molar-refractivity contribution in [2.24, 2.45) is 0 Å². The van der Waals surface area contributed by atoms with Crippen LogP contribution in [0.4, 0.5) is 0 Å². The molecule has 0 aliphatic rings. The van der Waals surface area contributed by atoms with Crippen molar-refractivity contribution in [1.29, 1.82) is 0 Å². The van der Waals surface area contributed by atoms with E-state index in [1.807, 2.05) is 30.3 Å². The number of halogens is 2. The van der Waals surface area contributed by atoms with E-state index in [2.05, 4.69) is 115 Å². The summed E-state index contributed by atoms with van der Waals surface area (Å²) in [5.74, 6) is 0. The third-order valence-corrected chi connectivity index (χ3v) is 6.16. The van der Waals surface area contributed by atoms with Gasteiger partial charge in [0.25, 0.3) is 0 Å². The van der Waals surface area contributed by atoms with Gasteiger partial charge >= 0.3 is 37.9 Å². The maximum atomic E-state index is 4.93. The molecule has 6 aromatic rings. The molecule has 0 nitrogen and oxygen atoms in total. The van der Waals surface area contributed by atoms with E-state index >= 15 is 0 Å². The van der Waals surface area contributed by atoms with Gasteiger partial charge in [-0.15, -0.1) is 39.7 Å². The largest absolute Gasteiger partial charge is 0.214 e. The van der Waals surface area contributed by atoms with Gasteiger partial charge in [0.2, 0.25) is 0 Å². The number of fused-ring (bicyclic) bond motifs is 3. The van der Waals surface area contributed by atoms with Gasteiger partial charge in [-0.05, 0) is 0 Å². The summed E-state index contributed by atoms with van der Waals surface area (Å²) in [6.45, 7) is 0. The van der Waals surface area contributed by atoms with Gasteiger partial charge in [-0.2, -0.15) is 18.2 Å². The molecule has 0 saturated carbocycles. The summed E-state index contributed by atoms with van der Waals surface area (Å²) in [5, 5.41) is 8.19. The molecule has 0 bridgehead atoms. The van der Waals surface area contributed by atoms with Gasteiger partial charge in [-0.25, -0.2) is 12.1 Å². The van der Waals surface area contributed by atoms with Crippen LogP contribution in [-0.4, -0.2) is 9.52 Å². The van der Waals surface area contributed by atoms with E-state index < -0.39 is 20.8 Å². The summed E-state index contributed by atoms with van der Waals surface area (Å²) < 4.78 is 0. The zero-order valence-corrected chi connectivity index (χ0v) is 23.6. The molecule has 166 valence electrons. The second-order valence-corrected chi connectivity index (χ2v) is 12.3. The fourth-order valence-corrected chi connectivity index (χ4v) is 4.49. The Morgan fingerprint density at radius 1 is 0.500 bits per heavy atom. The molecule has 6 aromatic carbocycles. The molecule has 0 spiro atoms. The standard InChI is InChI=1S/C13H9.C12H10Si.C5H5.2ClH.Zr/c1-3-7-12-10(5-1)9-11-6-2-4-8-13(11)12;1-3-7-11(8-4-1)13-12-9-5-2-6-10-12;1-2-4-5-3-1;;;/h1-9H;1-10H;1-5H;2*1H;/q-1;;-1;;;+4/p-2. The fourth-order valence-electron chi connectivity index (χ4n) is 3.43. The summed E-state index contributed by atoms with van der Waals surface area (Å²) in [5.41, 5.74) is 0. The zero-order valence-electron chi connectivity index (χ0n) is 18.6. The van der Waals surface area contributed by atoms with Crippen LogP contribution in [0.25, 0.3) is 21.5 Å². The quantitative estimate of drug-likeness (QED) is 0.146. The van der Waals surface area contributed by atoms with E-state index in [4.69, 9.17) is 17.0 Å². The normalized spacial score (nSPS) is 9.47. The van der Waals surface area contributed by atoms with E-state index in [0.29, 0.717) is 0 Å². The van der Waals surface area contributed by atoms with Crippen molar-refractivity contribution in [3.05, 3.63) is 146 Å². The number of rotatable bonds is 2.